The molecule has 3 aliphatic heterocycles. The summed E-state index contributed by atoms with van der Waals surface area (Å²) < 4.78 is 0. The molecule has 2 saturated heterocycles. The summed E-state index contributed by atoms with van der Waals surface area (Å²) in [6.45, 7) is 5.75. The van der Waals surface area contributed by atoms with Crippen LogP contribution in [0.2, 0.25) is 10.0 Å². The summed E-state index contributed by atoms with van der Waals surface area (Å²) in [6.07, 6.45) is 6.61. The number of hydrogen-bond donors (Lipinski definition) is 0. The molecule has 2 fully saturated rings. The lowest BCUT2D eigenvalue weighted by atomic mass is 9.95. The molecule has 0 N–H and O–H groups in total. The molecule has 8 heteroatoms. The number of carbonyl (C=O) groups is 2. The van der Waals surface area contributed by atoms with Crippen LogP contribution >= 0.6 is 23.2 Å². The van der Waals surface area contributed by atoms with E-state index in [1.54, 1.807) is 6.07 Å². The Morgan fingerprint density at radius 3 is 2.56 bits per heavy atom. The lowest BCUT2D eigenvalue weighted by Gasteiger charge is -2.32. The van der Waals surface area contributed by atoms with Crippen molar-refractivity contribution >= 4 is 46.3 Å². The first-order chi connectivity index (χ1) is 19.8. The second-order valence-corrected chi connectivity index (χ2v) is 12.8. The largest absolute Gasteiger partial charge is 0.331 e. The molecule has 4 atom stereocenters. The first kappa shape index (κ1) is 29.9. The molecule has 0 spiro atoms. The first-order valence-corrected chi connectivity index (χ1v) is 15.7. The fourth-order valence-corrected chi connectivity index (χ4v) is 6.98. The van der Waals surface area contributed by atoms with E-state index in [9.17, 15) is 9.59 Å². The van der Waals surface area contributed by atoms with Crippen molar-refractivity contribution in [2.24, 2.45) is 16.1 Å². The Hall–Kier alpha value is -2.54. The molecule has 5 rings (SSSR count). The number of aryl methyl sites for hydroxylation is 2. The van der Waals surface area contributed by atoms with E-state index in [0.29, 0.717) is 54.2 Å². The van der Waals surface area contributed by atoms with Gasteiger partial charge in [-0.2, -0.15) is 10.2 Å². The number of benzene rings is 2. The normalized spacial score (nSPS) is 23.7. The van der Waals surface area contributed by atoms with Crippen molar-refractivity contribution in [3.63, 3.8) is 0 Å². The summed E-state index contributed by atoms with van der Waals surface area (Å²) in [5.74, 6) is 0.672. The maximum atomic E-state index is 14.2. The average molecular weight is 596 g/mol. The standard InChI is InChI=1S/C33H40Cl2N4O2/c1-22-18-31-33(41)38(17-16-27(39(31)21-22)12-8-24-6-4-3-5-7-24)30(14-11-26-19-23(2)36-37-26)32(40)15-10-25-9-13-28(34)29(35)20-25/h3-7,9,13,20,22,27,30-31H,8,10-12,14-19,21H2,1-2H3/t22-,27?,30-,31+/m1/s1. The molecule has 0 saturated carbocycles. The van der Waals surface area contributed by atoms with Gasteiger partial charge in [-0.25, -0.2) is 0 Å². The smallest absolute Gasteiger partial charge is 0.240 e. The molecular weight excluding hydrogens is 555 g/mol. The van der Waals surface area contributed by atoms with Crippen LogP contribution in [0.1, 0.15) is 69.9 Å². The molecule has 2 aromatic rings. The van der Waals surface area contributed by atoms with Crippen molar-refractivity contribution in [2.75, 3.05) is 13.1 Å². The maximum Gasteiger partial charge on any atom is 0.240 e. The molecule has 2 aromatic carbocycles. The highest BCUT2D eigenvalue weighted by molar-refractivity contribution is 6.42. The van der Waals surface area contributed by atoms with Gasteiger partial charge in [0, 0.05) is 43.4 Å². The van der Waals surface area contributed by atoms with Crippen molar-refractivity contribution in [3.05, 3.63) is 69.7 Å². The highest BCUT2D eigenvalue weighted by atomic mass is 35.5. The third-order valence-corrected chi connectivity index (χ3v) is 9.56. The number of halogens is 2. The van der Waals surface area contributed by atoms with E-state index >= 15 is 0 Å². The average Bonchev–Trinajstić information content (AvgIpc) is 3.54. The second kappa shape index (κ2) is 13.6. The molecule has 41 heavy (non-hydrogen) atoms. The highest BCUT2D eigenvalue weighted by Crippen LogP contribution is 2.33. The molecule has 0 radical (unpaired) electrons. The van der Waals surface area contributed by atoms with Gasteiger partial charge in [0.1, 0.15) is 0 Å². The van der Waals surface area contributed by atoms with Crippen molar-refractivity contribution in [2.45, 2.75) is 89.8 Å². The fourth-order valence-electron chi connectivity index (χ4n) is 6.66. The minimum atomic E-state index is -0.473. The highest BCUT2D eigenvalue weighted by Gasteiger charge is 2.45. The molecule has 218 valence electrons. The van der Waals surface area contributed by atoms with Gasteiger partial charge >= 0.3 is 0 Å². The second-order valence-electron chi connectivity index (χ2n) is 12.0. The molecule has 0 bridgehead atoms. The van der Waals surface area contributed by atoms with Crippen LogP contribution < -0.4 is 0 Å². The predicted molar refractivity (Wildman–Crippen MR) is 167 cm³/mol. The molecule has 0 aromatic heterocycles. The van der Waals surface area contributed by atoms with Crippen molar-refractivity contribution < 1.29 is 9.59 Å². The van der Waals surface area contributed by atoms with Crippen molar-refractivity contribution in [3.8, 4) is 0 Å². The maximum absolute atomic E-state index is 14.2. The minimum Gasteiger partial charge on any atom is -0.331 e. The van der Waals surface area contributed by atoms with E-state index in [1.165, 1.54) is 5.56 Å². The van der Waals surface area contributed by atoms with E-state index < -0.39 is 6.04 Å². The Balaban J connectivity index is 1.33. The zero-order valence-corrected chi connectivity index (χ0v) is 25.6. The molecule has 1 unspecified atom stereocenters. The molecule has 6 nitrogen and oxygen atoms in total. The van der Waals surface area contributed by atoms with Gasteiger partial charge in [0.2, 0.25) is 5.91 Å². The Bertz CT molecular complexity index is 1310. The van der Waals surface area contributed by atoms with Crippen molar-refractivity contribution in [1.29, 1.82) is 0 Å². The van der Waals surface area contributed by atoms with Gasteiger partial charge in [0.15, 0.2) is 5.78 Å². The molecule has 1 amide bonds. The zero-order valence-electron chi connectivity index (χ0n) is 24.1. The first-order valence-electron chi connectivity index (χ1n) is 14.9. The Morgan fingerprint density at radius 1 is 1.02 bits per heavy atom. The van der Waals surface area contributed by atoms with Crippen molar-refractivity contribution in [1.82, 2.24) is 9.80 Å². The van der Waals surface area contributed by atoms with Gasteiger partial charge in [0.25, 0.3) is 0 Å². The van der Waals surface area contributed by atoms with Crippen LogP contribution in [0.15, 0.2) is 58.7 Å². The quantitative estimate of drug-likeness (QED) is 0.287. The van der Waals surface area contributed by atoms with E-state index in [2.05, 4.69) is 46.3 Å². The van der Waals surface area contributed by atoms with E-state index in [0.717, 1.165) is 55.6 Å². The molecule has 3 heterocycles. The van der Waals surface area contributed by atoms with Crippen LogP contribution in [0.4, 0.5) is 0 Å². The van der Waals surface area contributed by atoms with Crippen LogP contribution in [0.25, 0.3) is 0 Å². The van der Waals surface area contributed by atoms with E-state index in [-0.39, 0.29) is 17.7 Å². The summed E-state index contributed by atoms with van der Waals surface area (Å²) in [7, 11) is 0. The zero-order chi connectivity index (χ0) is 28.9. The number of carbonyl (C=O) groups excluding carboxylic acids is 2. The van der Waals surface area contributed by atoms with Crippen LogP contribution in [-0.4, -0.2) is 64.1 Å². The number of amides is 1. The van der Waals surface area contributed by atoms with E-state index in [1.807, 2.05) is 30.0 Å². The van der Waals surface area contributed by atoms with Gasteiger partial charge in [0.05, 0.1) is 22.1 Å². The van der Waals surface area contributed by atoms with Gasteiger partial charge in [-0.15, -0.1) is 0 Å². The van der Waals surface area contributed by atoms with Crippen LogP contribution in [0.3, 0.4) is 0 Å². The Kier molecular flexibility index (Phi) is 9.95. The fraction of sp³-hybridized carbons (Fsp3) is 0.515. The van der Waals surface area contributed by atoms with Gasteiger partial charge in [-0.1, -0.05) is 66.5 Å². The summed E-state index contributed by atoms with van der Waals surface area (Å²) in [5.41, 5.74) is 4.28. The molecular formula is C33H40Cl2N4O2. The molecule has 3 aliphatic rings. The number of Topliss-reactive ketones (excluding diaryl/α,β-unsaturated/α-hetero) is 1. The Morgan fingerprint density at radius 2 is 1.83 bits per heavy atom. The summed E-state index contributed by atoms with van der Waals surface area (Å²) in [5, 5.41) is 9.51. The SMILES string of the molecule is CC1=NN=C(CC[C@H](C(=O)CCc2ccc(Cl)c(Cl)c2)N2CCC(CCc3ccccc3)N3C[C@H](C)C[C@H]3C2=O)C1. The van der Waals surface area contributed by atoms with Crippen LogP contribution in [0.5, 0.6) is 0 Å². The predicted octanol–water partition coefficient (Wildman–Crippen LogP) is 6.81. The van der Waals surface area contributed by atoms with Gasteiger partial charge in [-0.05, 0) is 81.0 Å². The Labute approximate surface area is 253 Å². The minimum absolute atomic E-state index is 0.0981. The monoisotopic (exact) mass is 594 g/mol. The number of nitrogens with zero attached hydrogens (tertiary/aromatic N) is 4. The number of hydrogen-bond acceptors (Lipinski definition) is 5. The number of ketones is 1. The lowest BCUT2D eigenvalue weighted by Crippen LogP contribution is -2.50. The van der Waals surface area contributed by atoms with E-state index in [4.69, 9.17) is 23.2 Å². The van der Waals surface area contributed by atoms with Gasteiger partial charge in [-0.3, -0.25) is 14.5 Å². The lowest BCUT2D eigenvalue weighted by molar-refractivity contribution is -0.142. The van der Waals surface area contributed by atoms with Crippen LogP contribution in [-0.2, 0) is 22.4 Å². The van der Waals surface area contributed by atoms with Gasteiger partial charge < -0.3 is 4.90 Å². The third kappa shape index (κ3) is 7.46. The summed E-state index contributed by atoms with van der Waals surface area (Å²) in [6, 6.07) is 15.8. The number of rotatable bonds is 11. The summed E-state index contributed by atoms with van der Waals surface area (Å²) in [4.78, 5) is 32.5. The number of fused-ring (bicyclic) bond motifs is 1. The molecule has 0 aliphatic carbocycles. The third-order valence-electron chi connectivity index (χ3n) is 8.82. The topological polar surface area (TPSA) is 65.3 Å². The summed E-state index contributed by atoms with van der Waals surface area (Å²) >= 11 is 12.3. The van der Waals surface area contributed by atoms with Crippen LogP contribution in [0, 0.1) is 5.92 Å².